The van der Waals surface area contributed by atoms with Gasteiger partial charge in [-0.25, -0.2) is 9.97 Å². The summed E-state index contributed by atoms with van der Waals surface area (Å²) in [7, 11) is 0. The Morgan fingerprint density at radius 3 is 2.00 bits per heavy atom. The lowest BCUT2D eigenvalue weighted by atomic mass is 9.93. The molecule has 0 amide bonds. The van der Waals surface area contributed by atoms with Gasteiger partial charge in [0.25, 0.3) is 0 Å². The normalized spacial score (nSPS) is 12.0. The third-order valence-electron chi connectivity index (χ3n) is 9.66. The third-order valence-corrected chi connectivity index (χ3v) is 10.8. The van der Waals surface area contributed by atoms with Gasteiger partial charge >= 0.3 is 0 Å². The monoisotopic (exact) mass is 640 g/mol. The molecule has 0 atom stereocenters. The van der Waals surface area contributed by atoms with Crippen LogP contribution in [0.2, 0.25) is 0 Å². The fourth-order valence-electron chi connectivity index (χ4n) is 7.27. The van der Waals surface area contributed by atoms with Gasteiger partial charge in [0, 0.05) is 31.7 Å². The molecule has 0 saturated heterocycles. The second-order valence-electron chi connectivity index (χ2n) is 12.6. The maximum absolute atomic E-state index is 5.32. The molecule has 0 fully saturated rings. The number of fused-ring (bicyclic) bond motifs is 4. The molecular weight excluding hydrogens is 613 g/mol. The molecule has 0 saturated carbocycles. The number of aromatic nitrogens is 2. The summed E-state index contributed by atoms with van der Waals surface area (Å²) < 4.78 is 0. The van der Waals surface area contributed by atoms with E-state index in [-0.39, 0.29) is 0 Å². The molecule has 49 heavy (non-hydrogen) atoms. The van der Waals surface area contributed by atoms with Gasteiger partial charge < -0.3 is 0 Å². The lowest BCUT2D eigenvalue weighted by molar-refractivity contribution is 1.23. The van der Waals surface area contributed by atoms with Crippen LogP contribution in [0.5, 0.6) is 0 Å². The van der Waals surface area contributed by atoms with Crippen molar-refractivity contribution in [3.05, 3.63) is 170 Å². The molecule has 10 rings (SSSR count). The summed E-state index contributed by atoms with van der Waals surface area (Å²) in [5.74, 6) is 0.741. The molecule has 2 nitrogen and oxygen atoms in total. The summed E-state index contributed by atoms with van der Waals surface area (Å²) in [6, 6.07) is 60.9. The Kier molecular flexibility index (Phi) is 6.46. The van der Waals surface area contributed by atoms with E-state index in [0.717, 1.165) is 33.5 Å². The van der Waals surface area contributed by atoms with Crippen molar-refractivity contribution in [1.29, 1.82) is 0 Å². The summed E-state index contributed by atoms with van der Waals surface area (Å²) in [5, 5.41) is 6.01. The van der Waals surface area contributed by atoms with Gasteiger partial charge in [-0.15, -0.1) is 0 Å². The van der Waals surface area contributed by atoms with Crippen LogP contribution in [0.25, 0.3) is 88.5 Å². The van der Waals surface area contributed by atoms with Crippen molar-refractivity contribution in [3.63, 3.8) is 0 Å². The maximum atomic E-state index is 5.32. The summed E-state index contributed by atoms with van der Waals surface area (Å²) in [5.41, 5.74) is 11.4. The lowest BCUT2D eigenvalue weighted by Gasteiger charge is -2.22. The highest BCUT2D eigenvalue weighted by Gasteiger charge is 2.23. The van der Waals surface area contributed by atoms with Gasteiger partial charge in [-0.2, -0.15) is 0 Å². The number of para-hydroxylation sites is 1. The van der Waals surface area contributed by atoms with Crippen LogP contribution in [0.1, 0.15) is 0 Å². The number of nitrogens with zero attached hydrogens (tertiary/aromatic N) is 2. The highest BCUT2D eigenvalue weighted by atomic mass is 32.2. The van der Waals surface area contributed by atoms with Gasteiger partial charge in [-0.05, 0) is 85.9 Å². The summed E-state index contributed by atoms with van der Waals surface area (Å²) in [6.45, 7) is 0. The van der Waals surface area contributed by atoms with Gasteiger partial charge in [0.1, 0.15) is 0 Å². The molecule has 8 aromatic carbocycles. The van der Waals surface area contributed by atoms with Crippen LogP contribution in [0.4, 0.5) is 0 Å². The van der Waals surface area contributed by atoms with Crippen molar-refractivity contribution < 1.29 is 0 Å². The topological polar surface area (TPSA) is 25.8 Å². The Morgan fingerprint density at radius 2 is 1.06 bits per heavy atom. The smallest absolute Gasteiger partial charge is 0.161 e. The van der Waals surface area contributed by atoms with E-state index in [2.05, 4.69) is 170 Å². The van der Waals surface area contributed by atoms with Crippen molar-refractivity contribution >= 4 is 44.2 Å². The second kappa shape index (κ2) is 11.3. The molecule has 1 aliphatic heterocycles. The van der Waals surface area contributed by atoms with Crippen molar-refractivity contribution in [2.75, 3.05) is 0 Å². The van der Waals surface area contributed by atoms with Crippen molar-refractivity contribution in [1.82, 2.24) is 9.97 Å². The molecule has 1 aliphatic rings. The van der Waals surface area contributed by atoms with E-state index in [0.29, 0.717) is 0 Å². The van der Waals surface area contributed by atoms with Gasteiger partial charge in [0.15, 0.2) is 5.82 Å². The van der Waals surface area contributed by atoms with E-state index in [9.17, 15) is 0 Å². The van der Waals surface area contributed by atoms with Crippen molar-refractivity contribution in [2.45, 2.75) is 9.79 Å². The quantitative estimate of drug-likeness (QED) is 0.191. The van der Waals surface area contributed by atoms with E-state index in [1.165, 1.54) is 64.7 Å². The van der Waals surface area contributed by atoms with E-state index < -0.39 is 0 Å². The zero-order chi connectivity index (χ0) is 32.3. The second-order valence-corrected chi connectivity index (χ2v) is 13.7. The summed E-state index contributed by atoms with van der Waals surface area (Å²) in [6.07, 6.45) is 0. The predicted octanol–water partition coefficient (Wildman–Crippen LogP) is 12.7. The average Bonchev–Trinajstić information content (AvgIpc) is 3.17. The number of hydrogen-bond acceptors (Lipinski definition) is 3. The minimum absolute atomic E-state index is 0.741. The third kappa shape index (κ3) is 4.74. The fraction of sp³-hybridized carbons (Fsp3) is 0. The summed E-state index contributed by atoms with van der Waals surface area (Å²) >= 11 is 1.85. The molecule has 228 valence electrons. The first kappa shape index (κ1) is 28.0. The molecule has 0 N–H and O–H groups in total. The van der Waals surface area contributed by atoms with E-state index >= 15 is 0 Å². The minimum atomic E-state index is 0.741. The van der Waals surface area contributed by atoms with Crippen LogP contribution in [-0.4, -0.2) is 9.97 Å². The zero-order valence-electron chi connectivity index (χ0n) is 26.5. The largest absolute Gasteiger partial charge is 0.228 e. The van der Waals surface area contributed by atoms with Crippen LogP contribution < -0.4 is 0 Å². The van der Waals surface area contributed by atoms with Crippen LogP contribution in [0, 0.1) is 0 Å². The molecule has 0 unspecified atom stereocenters. The Labute approximate surface area is 288 Å². The Bertz CT molecular complexity index is 2750. The number of rotatable bonds is 4. The molecular formula is C46H28N2S. The first-order chi connectivity index (χ1) is 24.3. The Morgan fingerprint density at radius 1 is 0.367 bits per heavy atom. The van der Waals surface area contributed by atoms with Crippen molar-refractivity contribution in [3.8, 4) is 56.0 Å². The van der Waals surface area contributed by atoms with Crippen LogP contribution in [0.3, 0.4) is 0 Å². The highest BCUT2D eigenvalue weighted by Crippen LogP contribution is 2.50. The van der Waals surface area contributed by atoms with Gasteiger partial charge in [-0.3, -0.25) is 0 Å². The van der Waals surface area contributed by atoms with E-state index in [4.69, 9.17) is 9.97 Å². The molecule has 1 aromatic heterocycles. The number of hydrogen-bond donors (Lipinski definition) is 0. The van der Waals surface area contributed by atoms with Gasteiger partial charge in [-0.1, -0.05) is 145 Å². The van der Waals surface area contributed by atoms with Crippen LogP contribution >= 0.6 is 11.8 Å². The lowest BCUT2D eigenvalue weighted by Crippen LogP contribution is -1.98. The maximum Gasteiger partial charge on any atom is 0.161 e. The SMILES string of the molecule is c1ccc(-c2cccc(-c3nc(-c4ccc5c6c(cccc46)-c4ccc(-c6ccc7ccccc7c6)cc4S5)nc4ccccc34)c2)cc1. The predicted molar refractivity (Wildman–Crippen MR) is 206 cm³/mol. The van der Waals surface area contributed by atoms with Gasteiger partial charge in [0.05, 0.1) is 11.2 Å². The fourth-order valence-corrected chi connectivity index (χ4v) is 8.44. The Balaban J connectivity index is 1.11. The standard InChI is InChI=1S/C46H28N2S/c1-2-10-29(11-3-1)32-14-8-15-35(27-32)45-40-16-6-7-19-41(40)47-46(48-45)39-24-25-42-44-37(17-9-18-38(39)44)36-23-22-34(28-43(36)49-42)33-21-20-30-12-4-5-13-31(30)26-33/h1-28H. The van der Waals surface area contributed by atoms with Crippen molar-refractivity contribution in [2.24, 2.45) is 0 Å². The van der Waals surface area contributed by atoms with E-state index in [1.54, 1.807) is 0 Å². The van der Waals surface area contributed by atoms with E-state index in [1.807, 2.05) is 11.8 Å². The first-order valence-electron chi connectivity index (χ1n) is 16.6. The molecule has 3 heteroatoms. The van der Waals surface area contributed by atoms with Crippen LogP contribution in [-0.2, 0) is 0 Å². The molecule has 0 aliphatic carbocycles. The molecule has 0 radical (unpaired) electrons. The molecule has 0 bridgehead atoms. The summed E-state index contributed by atoms with van der Waals surface area (Å²) in [4.78, 5) is 13.0. The highest BCUT2D eigenvalue weighted by molar-refractivity contribution is 7.99. The van der Waals surface area contributed by atoms with Crippen LogP contribution in [0.15, 0.2) is 180 Å². The zero-order valence-corrected chi connectivity index (χ0v) is 27.3. The molecule has 0 spiro atoms. The number of benzene rings is 8. The minimum Gasteiger partial charge on any atom is -0.228 e. The van der Waals surface area contributed by atoms with Gasteiger partial charge in [0.2, 0.25) is 0 Å². The average molecular weight is 641 g/mol. The first-order valence-corrected chi connectivity index (χ1v) is 17.4. The molecule has 2 heterocycles. The Hall–Kier alpha value is -6.03. The molecule has 9 aromatic rings.